The summed E-state index contributed by atoms with van der Waals surface area (Å²) in [5, 5.41) is 2.79. The van der Waals surface area contributed by atoms with Gasteiger partial charge in [-0.2, -0.15) is 0 Å². The van der Waals surface area contributed by atoms with E-state index in [1.54, 1.807) is 41.3 Å². The van der Waals surface area contributed by atoms with Gasteiger partial charge in [-0.1, -0.05) is 72.8 Å². The van der Waals surface area contributed by atoms with Crippen molar-refractivity contribution in [2.45, 2.75) is 31.4 Å². The molecule has 2 heterocycles. The molecule has 12 heteroatoms. The highest BCUT2D eigenvalue weighted by Gasteiger charge is 2.33. The predicted octanol–water partition coefficient (Wildman–Crippen LogP) is 5.46. The number of rotatable bonds is 11. The normalized spacial score (nSPS) is 16.7. The van der Waals surface area contributed by atoms with Gasteiger partial charge < -0.3 is 30.3 Å². The van der Waals surface area contributed by atoms with Crippen molar-refractivity contribution >= 4 is 35.3 Å². The molecule has 2 fully saturated rings. The Balaban J connectivity index is 0.831. The Morgan fingerprint density at radius 3 is 2.17 bits per heavy atom. The second kappa shape index (κ2) is 15.2. The average Bonchev–Trinajstić information content (AvgIpc) is 3.72. The van der Waals surface area contributed by atoms with Crippen LogP contribution in [0.1, 0.15) is 45.8 Å². The number of carbonyl (C=O) groups excluding carboxylic acids is 4. The van der Waals surface area contributed by atoms with Crippen LogP contribution >= 0.6 is 0 Å². The van der Waals surface area contributed by atoms with Crippen LogP contribution in [0.4, 0.5) is 25.4 Å². The van der Waals surface area contributed by atoms with E-state index < -0.39 is 24.1 Å². The van der Waals surface area contributed by atoms with Gasteiger partial charge in [-0.25, -0.2) is 14.0 Å². The van der Waals surface area contributed by atoms with Gasteiger partial charge in [0, 0.05) is 63.6 Å². The molecule has 52 heavy (non-hydrogen) atoms. The molecule has 1 atom stereocenters. The first-order valence-corrected chi connectivity index (χ1v) is 17.5. The van der Waals surface area contributed by atoms with Crippen LogP contribution in [-0.4, -0.2) is 80.8 Å². The summed E-state index contributed by atoms with van der Waals surface area (Å²) in [4.78, 5) is 55.5. The number of fused-ring (bicyclic) bond motifs is 3. The summed E-state index contributed by atoms with van der Waals surface area (Å²) in [7, 11) is 0. The summed E-state index contributed by atoms with van der Waals surface area (Å²) in [5.41, 5.74) is 12.3. The van der Waals surface area contributed by atoms with E-state index in [9.17, 15) is 19.2 Å². The first-order valence-electron chi connectivity index (χ1n) is 17.5. The van der Waals surface area contributed by atoms with Crippen molar-refractivity contribution in [3.63, 3.8) is 0 Å². The van der Waals surface area contributed by atoms with Crippen LogP contribution in [0.25, 0.3) is 11.1 Å². The van der Waals surface area contributed by atoms with E-state index in [1.807, 2.05) is 29.2 Å². The van der Waals surface area contributed by atoms with E-state index in [0.717, 1.165) is 27.8 Å². The molecule has 0 saturated carbocycles. The quantitative estimate of drug-likeness (QED) is 0.197. The molecule has 3 amide bonds. The van der Waals surface area contributed by atoms with Crippen LogP contribution in [0.15, 0.2) is 91.0 Å². The molecule has 268 valence electrons. The number of alkyl carbamates (subject to hydrolysis) is 1. The Hall–Kier alpha value is -5.75. The number of ketones is 1. The molecule has 4 aromatic rings. The lowest BCUT2D eigenvalue weighted by molar-refractivity contribution is -0.131. The molecule has 2 aliphatic heterocycles. The van der Waals surface area contributed by atoms with Gasteiger partial charge in [0.05, 0.1) is 17.9 Å². The molecule has 0 unspecified atom stereocenters. The molecule has 3 N–H and O–H groups in total. The monoisotopic (exact) mass is 705 g/mol. The number of hydrogen-bond donors (Lipinski definition) is 2. The topological polar surface area (TPSA) is 135 Å². The first kappa shape index (κ1) is 34.7. The zero-order valence-electron chi connectivity index (χ0n) is 28.6. The minimum Gasteiger partial charge on any atom is -0.449 e. The van der Waals surface area contributed by atoms with Crippen LogP contribution in [0.3, 0.4) is 0 Å². The summed E-state index contributed by atoms with van der Waals surface area (Å²) in [6.07, 6.45) is -1.35. The van der Waals surface area contributed by atoms with Crippen molar-refractivity contribution in [2.75, 3.05) is 55.7 Å². The van der Waals surface area contributed by atoms with Gasteiger partial charge in [-0.3, -0.25) is 14.5 Å². The number of anilines is 2. The number of amides is 3. The van der Waals surface area contributed by atoms with Gasteiger partial charge in [0.25, 0.3) is 0 Å². The Kier molecular flexibility index (Phi) is 10.2. The van der Waals surface area contributed by atoms with E-state index >= 15 is 4.39 Å². The lowest BCUT2D eigenvalue weighted by Crippen LogP contribution is -2.49. The summed E-state index contributed by atoms with van der Waals surface area (Å²) in [6, 6.07) is 27.9. The lowest BCUT2D eigenvalue weighted by atomic mass is 9.98. The zero-order chi connectivity index (χ0) is 36.2. The number of nitrogens with two attached hydrogens (primary N) is 1. The molecule has 4 aromatic carbocycles. The standard InChI is InChI=1S/C40H40FN5O6/c41-35-21-28(46-24-29(22-42)52-40(46)50)13-14-36(35)44-17-19-45(20-18-44)38(48)16-15-37(47)27-11-9-26(10-12-27)23-43-39(49)51-25-34-32-7-3-1-5-30(32)31-6-2-4-8-33(31)34/h1-14,21,29,34H,15-20,22-25,42H2,(H,43,49)/t29-/m0/s1. The summed E-state index contributed by atoms with van der Waals surface area (Å²) in [6.45, 7) is 2.60. The second-order valence-electron chi connectivity index (χ2n) is 13.2. The van der Waals surface area contributed by atoms with Gasteiger partial charge in [0.15, 0.2) is 5.78 Å². The Bertz CT molecular complexity index is 1930. The molecule has 3 aliphatic rings. The Morgan fingerprint density at radius 1 is 0.865 bits per heavy atom. The number of halogens is 1. The number of piperazine rings is 1. The number of Topliss-reactive ketones (excluding diaryl/α,β-unsaturated/α-hetero) is 1. The number of benzene rings is 4. The average molecular weight is 706 g/mol. The van der Waals surface area contributed by atoms with E-state index in [-0.39, 0.29) is 56.7 Å². The highest BCUT2D eigenvalue weighted by molar-refractivity contribution is 5.98. The fourth-order valence-corrected chi connectivity index (χ4v) is 7.13. The maximum absolute atomic E-state index is 15.1. The van der Waals surface area contributed by atoms with Crippen LogP contribution in [0, 0.1) is 5.82 Å². The van der Waals surface area contributed by atoms with Crippen LogP contribution in [0.5, 0.6) is 0 Å². The Labute approximate surface area is 301 Å². The van der Waals surface area contributed by atoms with E-state index in [4.69, 9.17) is 15.2 Å². The smallest absolute Gasteiger partial charge is 0.414 e. The molecule has 0 spiro atoms. The van der Waals surface area contributed by atoms with Crippen LogP contribution in [0.2, 0.25) is 0 Å². The van der Waals surface area contributed by atoms with Gasteiger partial charge in [0.1, 0.15) is 18.5 Å². The van der Waals surface area contributed by atoms with Gasteiger partial charge in [-0.15, -0.1) is 0 Å². The molecular weight excluding hydrogens is 665 g/mol. The van der Waals surface area contributed by atoms with Crippen molar-refractivity contribution in [1.82, 2.24) is 10.2 Å². The molecular formula is C40H40FN5O6. The first-order chi connectivity index (χ1) is 25.3. The minimum absolute atomic E-state index is 0.0236. The SMILES string of the molecule is NC[C@H]1CN(c2ccc(N3CCN(C(=O)CCC(=O)c4ccc(CNC(=O)OCC5c6ccccc6-c6ccccc65)cc4)CC3)c(F)c2)C(=O)O1. The molecule has 0 radical (unpaired) electrons. The maximum Gasteiger partial charge on any atom is 0.414 e. The molecule has 0 bridgehead atoms. The molecule has 1 aliphatic carbocycles. The largest absolute Gasteiger partial charge is 0.449 e. The van der Waals surface area contributed by atoms with E-state index in [1.165, 1.54) is 11.0 Å². The second-order valence-corrected chi connectivity index (χ2v) is 13.2. The summed E-state index contributed by atoms with van der Waals surface area (Å²) in [5.74, 6) is -0.769. The number of carbonyl (C=O) groups is 4. The highest BCUT2D eigenvalue weighted by atomic mass is 19.1. The van der Waals surface area contributed by atoms with Gasteiger partial charge in [0.2, 0.25) is 5.91 Å². The summed E-state index contributed by atoms with van der Waals surface area (Å²) >= 11 is 0. The molecule has 0 aromatic heterocycles. The number of nitrogens with zero attached hydrogens (tertiary/aromatic N) is 3. The fourth-order valence-electron chi connectivity index (χ4n) is 7.13. The van der Waals surface area contributed by atoms with Crippen molar-refractivity contribution in [3.8, 4) is 11.1 Å². The van der Waals surface area contributed by atoms with E-state index in [0.29, 0.717) is 43.1 Å². The molecule has 7 rings (SSSR count). The molecule has 11 nitrogen and oxygen atoms in total. The van der Waals surface area contributed by atoms with Crippen molar-refractivity contribution in [1.29, 1.82) is 0 Å². The number of hydrogen-bond acceptors (Lipinski definition) is 8. The molecule has 2 saturated heterocycles. The summed E-state index contributed by atoms with van der Waals surface area (Å²) < 4.78 is 25.9. The number of nitrogens with one attached hydrogen (secondary N) is 1. The van der Waals surface area contributed by atoms with Crippen LogP contribution < -0.4 is 20.9 Å². The lowest BCUT2D eigenvalue weighted by Gasteiger charge is -2.36. The van der Waals surface area contributed by atoms with Crippen molar-refractivity contribution in [3.05, 3.63) is 119 Å². The minimum atomic E-state index is -0.550. The van der Waals surface area contributed by atoms with E-state index in [2.05, 4.69) is 29.6 Å². The zero-order valence-corrected chi connectivity index (χ0v) is 28.6. The maximum atomic E-state index is 15.1. The predicted molar refractivity (Wildman–Crippen MR) is 194 cm³/mol. The van der Waals surface area contributed by atoms with Crippen molar-refractivity contribution in [2.24, 2.45) is 5.73 Å². The van der Waals surface area contributed by atoms with Gasteiger partial charge in [-0.05, 0) is 46.0 Å². The third-order valence-corrected chi connectivity index (χ3v) is 9.98. The number of ether oxygens (including phenoxy) is 2. The third-order valence-electron chi connectivity index (χ3n) is 9.98. The van der Waals surface area contributed by atoms with Crippen LogP contribution in [-0.2, 0) is 20.8 Å². The van der Waals surface area contributed by atoms with Crippen molar-refractivity contribution < 1.29 is 33.0 Å². The Morgan fingerprint density at radius 2 is 1.54 bits per heavy atom. The fraction of sp³-hybridized carbons (Fsp3) is 0.300. The highest BCUT2D eigenvalue weighted by Crippen LogP contribution is 2.44. The number of cyclic esters (lactones) is 1. The van der Waals surface area contributed by atoms with Gasteiger partial charge >= 0.3 is 12.2 Å². The third kappa shape index (κ3) is 7.33.